The summed E-state index contributed by atoms with van der Waals surface area (Å²) < 4.78 is 5.32. The molecule has 1 atom stereocenters. The molecule has 0 amide bonds. The third kappa shape index (κ3) is 2.77. The molecule has 3 rings (SSSR count). The fraction of sp³-hybridized carbons (Fsp3) is 0.353. The molecule has 1 aliphatic rings. The quantitative estimate of drug-likeness (QED) is 0.926. The van der Waals surface area contributed by atoms with Crippen LogP contribution in [-0.4, -0.2) is 18.1 Å². The van der Waals surface area contributed by atoms with E-state index in [-0.39, 0.29) is 0 Å². The highest BCUT2D eigenvalue weighted by atomic mass is 16.5. The van der Waals surface area contributed by atoms with Crippen molar-refractivity contribution in [1.29, 1.82) is 0 Å². The number of nitrogens with one attached hydrogen (secondary N) is 1. The molecule has 1 aromatic carbocycles. The van der Waals surface area contributed by atoms with Crippen LogP contribution in [0.1, 0.15) is 23.2 Å². The van der Waals surface area contributed by atoms with E-state index in [0.717, 1.165) is 36.4 Å². The third-order valence-corrected chi connectivity index (χ3v) is 3.92. The molecule has 1 heterocycles. The van der Waals surface area contributed by atoms with Crippen molar-refractivity contribution in [3.05, 3.63) is 53.3 Å². The third-order valence-electron chi connectivity index (χ3n) is 3.92. The lowest BCUT2D eigenvalue weighted by molar-refractivity contribution is 0.413. The number of hydrogen-bond donors (Lipinski definition) is 1. The summed E-state index contributed by atoms with van der Waals surface area (Å²) in [5.41, 5.74) is 5.00. The van der Waals surface area contributed by atoms with Crippen LogP contribution in [0.2, 0.25) is 0 Å². The first-order chi connectivity index (χ1) is 9.74. The molecule has 0 saturated heterocycles. The zero-order valence-electron chi connectivity index (χ0n) is 12.0. The van der Waals surface area contributed by atoms with Gasteiger partial charge in [-0.2, -0.15) is 0 Å². The maximum absolute atomic E-state index is 5.32. The van der Waals surface area contributed by atoms with E-state index in [1.165, 1.54) is 11.1 Å². The molecule has 3 nitrogen and oxygen atoms in total. The van der Waals surface area contributed by atoms with Crippen LogP contribution in [0.5, 0.6) is 5.75 Å². The molecule has 1 unspecified atom stereocenters. The van der Waals surface area contributed by atoms with Crippen LogP contribution in [0.4, 0.5) is 5.69 Å². The van der Waals surface area contributed by atoms with Crippen LogP contribution in [0, 0.1) is 6.92 Å². The molecule has 104 valence electrons. The molecule has 0 spiro atoms. The fourth-order valence-corrected chi connectivity index (χ4v) is 2.77. The van der Waals surface area contributed by atoms with Crippen LogP contribution >= 0.6 is 0 Å². The Morgan fingerprint density at radius 3 is 2.85 bits per heavy atom. The molecule has 2 aromatic rings. The van der Waals surface area contributed by atoms with Gasteiger partial charge in [-0.05, 0) is 61.6 Å². The molecule has 0 aliphatic heterocycles. The van der Waals surface area contributed by atoms with Crippen LogP contribution in [0.15, 0.2) is 36.5 Å². The Bertz CT molecular complexity index is 592. The van der Waals surface area contributed by atoms with Gasteiger partial charge in [-0.15, -0.1) is 0 Å². The molecular weight excluding hydrogens is 248 g/mol. The maximum atomic E-state index is 5.32. The highest BCUT2D eigenvalue weighted by Crippen LogP contribution is 2.27. The van der Waals surface area contributed by atoms with Gasteiger partial charge in [-0.3, -0.25) is 4.98 Å². The van der Waals surface area contributed by atoms with Gasteiger partial charge >= 0.3 is 0 Å². The number of fused-ring (bicyclic) bond motifs is 1. The molecule has 0 saturated carbocycles. The first kappa shape index (κ1) is 13.0. The lowest BCUT2D eigenvalue weighted by atomic mass is 9.88. The Morgan fingerprint density at radius 1 is 1.20 bits per heavy atom. The summed E-state index contributed by atoms with van der Waals surface area (Å²) in [5.74, 6) is 0.946. The van der Waals surface area contributed by atoms with Gasteiger partial charge in [-0.25, -0.2) is 0 Å². The molecule has 0 fully saturated rings. The molecule has 1 N–H and O–H groups in total. The van der Waals surface area contributed by atoms with Gasteiger partial charge in [0.15, 0.2) is 0 Å². The summed E-state index contributed by atoms with van der Waals surface area (Å²) in [6.45, 7) is 2.01. The first-order valence-electron chi connectivity index (χ1n) is 7.09. The van der Waals surface area contributed by atoms with E-state index in [1.54, 1.807) is 7.11 Å². The Hall–Kier alpha value is -2.03. The Labute approximate surface area is 120 Å². The Morgan fingerprint density at radius 2 is 2.10 bits per heavy atom. The van der Waals surface area contributed by atoms with E-state index in [9.17, 15) is 0 Å². The SMILES string of the molecule is COc1ccc2c(c1)CC(Nc1ccc(C)nc1)CC2. The number of anilines is 1. The highest BCUT2D eigenvalue weighted by molar-refractivity contribution is 5.44. The second-order valence-electron chi connectivity index (χ2n) is 5.41. The standard InChI is InChI=1S/C17H20N2O/c1-12-3-6-16(11-18-12)19-15-7-4-13-5-8-17(20-2)10-14(13)9-15/h3,5-6,8,10-11,15,19H,4,7,9H2,1-2H3. The number of aryl methyl sites for hydroxylation is 2. The molecule has 1 aliphatic carbocycles. The second kappa shape index (κ2) is 5.53. The van der Waals surface area contributed by atoms with E-state index >= 15 is 0 Å². The van der Waals surface area contributed by atoms with Gasteiger partial charge in [-0.1, -0.05) is 6.07 Å². The van der Waals surface area contributed by atoms with Crippen LogP contribution < -0.4 is 10.1 Å². The van der Waals surface area contributed by atoms with E-state index in [4.69, 9.17) is 4.74 Å². The fourth-order valence-electron chi connectivity index (χ4n) is 2.77. The first-order valence-corrected chi connectivity index (χ1v) is 7.09. The number of ether oxygens (including phenoxy) is 1. The maximum Gasteiger partial charge on any atom is 0.119 e. The minimum Gasteiger partial charge on any atom is -0.497 e. The number of hydrogen-bond acceptors (Lipinski definition) is 3. The minimum absolute atomic E-state index is 0.471. The van der Waals surface area contributed by atoms with Gasteiger partial charge in [0, 0.05) is 11.7 Å². The number of rotatable bonds is 3. The van der Waals surface area contributed by atoms with Gasteiger partial charge in [0.2, 0.25) is 0 Å². The van der Waals surface area contributed by atoms with E-state index in [0.29, 0.717) is 6.04 Å². The van der Waals surface area contributed by atoms with Crippen molar-refractivity contribution in [2.45, 2.75) is 32.2 Å². The van der Waals surface area contributed by atoms with Crippen molar-refractivity contribution in [3.8, 4) is 5.75 Å². The molecule has 1 aromatic heterocycles. The van der Waals surface area contributed by atoms with Crippen LogP contribution in [-0.2, 0) is 12.8 Å². The summed E-state index contributed by atoms with van der Waals surface area (Å²) in [7, 11) is 1.72. The molecule has 20 heavy (non-hydrogen) atoms. The molecule has 0 radical (unpaired) electrons. The van der Waals surface area contributed by atoms with Crippen molar-refractivity contribution >= 4 is 5.69 Å². The zero-order valence-corrected chi connectivity index (χ0v) is 12.0. The zero-order chi connectivity index (χ0) is 13.9. The summed E-state index contributed by atoms with van der Waals surface area (Å²) >= 11 is 0. The van der Waals surface area contributed by atoms with Crippen molar-refractivity contribution in [3.63, 3.8) is 0 Å². The van der Waals surface area contributed by atoms with E-state index in [2.05, 4.69) is 34.6 Å². The summed E-state index contributed by atoms with van der Waals surface area (Å²) in [6, 6.07) is 11.0. The largest absolute Gasteiger partial charge is 0.497 e. The Kier molecular flexibility index (Phi) is 3.59. The number of aromatic nitrogens is 1. The number of nitrogens with zero attached hydrogens (tertiary/aromatic N) is 1. The average molecular weight is 268 g/mol. The van der Waals surface area contributed by atoms with Crippen molar-refractivity contribution < 1.29 is 4.74 Å². The van der Waals surface area contributed by atoms with Gasteiger partial charge < -0.3 is 10.1 Å². The van der Waals surface area contributed by atoms with Gasteiger partial charge in [0.05, 0.1) is 19.0 Å². The van der Waals surface area contributed by atoms with E-state index < -0.39 is 0 Å². The number of benzene rings is 1. The van der Waals surface area contributed by atoms with Gasteiger partial charge in [0.25, 0.3) is 0 Å². The highest BCUT2D eigenvalue weighted by Gasteiger charge is 2.19. The second-order valence-corrected chi connectivity index (χ2v) is 5.41. The minimum atomic E-state index is 0.471. The predicted octanol–water partition coefficient (Wildman–Crippen LogP) is 3.37. The van der Waals surface area contributed by atoms with Crippen LogP contribution in [0.3, 0.4) is 0 Å². The van der Waals surface area contributed by atoms with Crippen LogP contribution in [0.25, 0.3) is 0 Å². The van der Waals surface area contributed by atoms with Gasteiger partial charge in [0.1, 0.15) is 5.75 Å². The molecular formula is C17H20N2O. The van der Waals surface area contributed by atoms with Crippen molar-refractivity contribution in [2.24, 2.45) is 0 Å². The number of pyridine rings is 1. The molecule has 0 bridgehead atoms. The predicted molar refractivity (Wildman–Crippen MR) is 81.4 cm³/mol. The lowest BCUT2D eigenvalue weighted by Crippen LogP contribution is -2.27. The summed E-state index contributed by atoms with van der Waals surface area (Å²) in [5, 5.41) is 3.58. The lowest BCUT2D eigenvalue weighted by Gasteiger charge is -2.26. The average Bonchev–Trinajstić information content (AvgIpc) is 2.49. The summed E-state index contributed by atoms with van der Waals surface area (Å²) in [4.78, 5) is 4.33. The smallest absolute Gasteiger partial charge is 0.119 e. The summed E-state index contributed by atoms with van der Waals surface area (Å²) in [6.07, 6.45) is 5.24. The monoisotopic (exact) mass is 268 g/mol. The van der Waals surface area contributed by atoms with E-state index in [1.807, 2.05) is 19.2 Å². The normalized spacial score (nSPS) is 17.4. The van der Waals surface area contributed by atoms with Crippen molar-refractivity contribution in [2.75, 3.05) is 12.4 Å². The van der Waals surface area contributed by atoms with Crippen molar-refractivity contribution in [1.82, 2.24) is 4.98 Å². The molecule has 3 heteroatoms. The Balaban J connectivity index is 1.73. The number of methoxy groups -OCH3 is 1. The topological polar surface area (TPSA) is 34.1 Å².